The van der Waals surface area contributed by atoms with Crippen LogP contribution in [0.5, 0.6) is 0 Å². The number of nitrogens with zero attached hydrogens (tertiary/aromatic N) is 2. The highest BCUT2D eigenvalue weighted by Crippen LogP contribution is 2.21. The van der Waals surface area contributed by atoms with Crippen molar-refractivity contribution in [3.63, 3.8) is 0 Å². The Morgan fingerprint density at radius 1 is 1.25 bits per heavy atom. The first-order chi connectivity index (χ1) is 13.5. The molecular formula is C22H33N3OS2. The van der Waals surface area contributed by atoms with Crippen molar-refractivity contribution in [2.24, 2.45) is 5.92 Å². The van der Waals surface area contributed by atoms with Crippen molar-refractivity contribution in [1.29, 1.82) is 0 Å². The fourth-order valence-corrected chi connectivity index (χ4v) is 5.38. The zero-order valence-electron chi connectivity index (χ0n) is 17.4. The van der Waals surface area contributed by atoms with Gasteiger partial charge in [-0.1, -0.05) is 33.1 Å². The number of aromatic nitrogens is 1. The number of amides is 1. The lowest BCUT2D eigenvalue weighted by Crippen LogP contribution is -2.36. The van der Waals surface area contributed by atoms with Crippen LogP contribution in [-0.4, -0.2) is 28.4 Å². The summed E-state index contributed by atoms with van der Waals surface area (Å²) in [7, 11) is 0. The molecule has 1 aliphatic carbocycles. The van der Waals surface area contributed by atoms with E-state index in [1.165, 1.54) is 35.4 Å². The molecule has 0 spiro atoms. The molecule has 28 heavy (non-hydrogen) atoms. The zero-order chi connectivity index (χ0) is 19.9. The van der Waals surface area contributed by atoms with Crippen LogP contribution in [-0.2, 0) is 13.1 Å². The van der Waals surface area contributed by atoms with Crippen molar-refractivity contribution >= 4 is 28.6 Å². The number of nitrogens with one attached hydrogen (secondary N) is 1. The molecule has 1 aliphatic rings. The predicted molar refractivity (Wildman–Crippen MR) is 119 cm³/mol. The molecule has 1 amide bonds. The average Bonchev–Trinajstić information content (AvgIpc) is 3.29. The number of carbonyl (C=O) groups is 1. The lowest BCUT2D eigenvalue weighted by atomic mass is 9.95. The van der Waals surface area contributed by atoms with Crippen molar-refractivity contribution < 1.29 is 4.79 Å². The van der Waals surface area contributed by atoms with E-state index in [1.54, 1.807) is 11.3 Å². The second-order valence-electron chi connectivity index (χ2n) is 8.34. The highest BCUT2D eigenvalue weighted by molar-refractivity contribution is 7.11. The molecule has 0 aromatic carbocycles. The van der Waals surface area contributed by atoms with E-state index in [0.717, 1.165) is 37.5 Å². The average molecular weight is 420 g/mol. The molecule has 0 unspecified atom stereocenters. The van der Waals surface area contributed by atoms with Crippen LogP contribution in [0.3, 0.4) is 0 Å². The van der Waals surface area contributed by atoms with Gasteiger partial charge in [-0.2, -0.15) is 0 Å². The second-order valence-corrected chi connectivity index (χ2v) is 10.7. The number of thiazole rings is 1. The van der Waals surface area contributed by atoms with Gasteiger partial charge < -0.3 is 5.32 Å². The summed E-state index contributed by atoms with van der Waals surface area (Å²) < 4.78 is 0. The topological polar surface area (TPSA) is 45.2 Å². The number of hydrogen-bond donors (Lipinski definition) is 1. The van der Waals surface area contributed by atoms with Gasteiger partial charge in [0.05, 0.1) is 6.54 Å². The minimum atomic E-state index is -0.00277. The normalized spacial score (nSPS) is 15.5. The number of rotatable bonds is 9. The predicted octanol–water partition coefficient (Wildman–Crippen LogP) is 5.62. The summed E-state index contributed by atoms with van der Waals surface area (Å²) in [6, 6.07) is 4.75. The molecule has 2 heterocycles. The minimum absolute atomic E-state index is 0.00277. The summed E-state index contributed by atoms with van der Waals surface area (Å²) in [5, 5.41) is 6.13. The Morgan fingerprint density at radius 2 is 2.04 bits per heavy atom. The first-order valence-corrected chi connectivity index (χ1v) is 12.2. The van der Waals surface area contributed by atoms with E-state index in [9.17, 15) is 4.79 Å². The Balaban J connectivity index is 1.59. The van der Waals surface area contributed by atoms with Gasteiger partial charge in [-0.05, 0) is 50.8 Å². The molecule has 0 atom stereocenters. The maximum Gasteiger partial charge on any atom is 0.270 e. The molecule has 0 radical (unpaired) electrons. The van der Waals surface area contributed by atoms with Crippen LogP contribution in [0.1, 0.15) is 77.6 Å². The van der Waals surface area contributed by atoms with Crippen molar-refractivity contribution in [3.05, 3.63) is 38.0 Å². The van der Waals surface area contributed by atoms with Crippen molar-refractivity contribution in [2.45, 2.75) is 78.4 Å². The van der Waals surface area contributed by atoms with Crippen LogP contribution in [0.2, 0.25) is 0 Å². The van der Waals surface area contributed by atoms with Gasteiger partial charge >= 0.3 is 0 Å². The van der Waals surface area contributed by atoms with E-state index in [0.29, 0.717) is 17.7 Å². The summed E-state index contributed by atoms with van der Waals surface area (Å²) in [5.74, 6) is 0.678. The van der Waals surface area contributed by atoms with Gasteiger partial charge in [0.2, 0.25) is 0 Å². The SMILES string of the molecule is Cc1ccc(CN(CCC(C)C)Cc2nc(C(=O)NC3CCCCC3)cs2)s1. The Morgan fingerprint density at radius 3 is 2.71 bits per heavy atom. The van der Waals surface area contributed by atoms with Crippen LogP contribution >= 0.6 is 22.7 Å². The largest absolute Gasteiger partial charge is 0.348 e. The summed E-state index contributed by atoms with van der Waals surface area (Å²) >= 11 is 3.48. The molecule has 1 fully saturated rings. The van der Waals surface area contributed by atoms with Crippen LogP contribution < -0.4 is 5.32 Å². The molecule has 1 saturated carbocycles. The Bertz CT molecular complexity index is 747. The number of carbonyl (C=O) groups excluding carboxylic acids is 1. The van der Waals surface area contributed by atoms with Crippen LogP contribution in [0.4, 0.5) is 0 Å². The fourth-order valence-electron chi connectivity index (χ4n) is 3.63. The fraction of sp³-hybridized carbons (Fsp3) is 0.636. The van der Waals surface area contributed by atoms with Crippen molar-refractivity contribution in [3.8, 4) is 0 Å². The highest BCUT2D eigenvalue weighted by Gasteiger charge is 2.19. The van der Waals surface area contributed by atoms with Crippen molar-refractivity contribution in [2.75, 3.05) is 6.54 Å². The molecular weight excluding hydrogens is 386 g/mol. The van der Waals surface area contributed by atoms with E-state index in [1.807, 2.05) is 16.7 Å². The summed E-state index contributed by atoms with van der Waals surface area (Å²) in [5.41, 5.74) is 0.585. The third-order valence-corrected chi connectivity index (χ3v) is 7.10. The monoisotopic (exact) mass is 419 g/mol. The summed E-state index contributed by atoms with van der Waals surface area (Å²) in [6.07, 6.45) is 7.12. The van der Waals surface area contributed by atoms with Gasteiger partial charge in [0.15, 0.2) is 0 Å². The van der Waals surface area contributed by atoms with Crippen molar-refractivity contribution in [1.82, 2.24) is 15.2 Å². The first-order valence-electron chi connectivity index (χ1n) is 10.5. The van der Waals surface area contributed by atoms with E-state index in [2.05, 4.69) is 48.1 Å². The Kier molecular flexibility index (Phi) is 8.06. The molecule has 4 nitrogen and oxygen atoms in total. The molecule has 154 valence electrons. The molecule has 0 saturated heterocycles. The van der Waals surface area contributed by atoms with E-state index < -0.39 is 0 Å². The lowest BCUT2D eigenvalue weighted by molar-refractivity contribution is 0.0923. The molecule has 0 bridgehead atoms. The van der Waals surface area contributed by atoms with Gasteiger partial charge in [-0.15, -0.1) is 22.7 Å². The van der Waals surface area contributed by atoms with Gasteiger partial charge in [0.1, 0.15) is 10.7 Å². The zero-order valence-corrected chi connectivity index (χ0v) is 19.0. The highest BCUT2D eigenvalue weighted by atomic mass is 32.1. The van der Waals surface area contributed by atoms with E-state index in [4.69, 9.17) is 0 Å². The van der Waals surface area contributed by atoms with E-state index in [-0.39, 0.29) is 5.91 Å². The lowest BCUT2D eigenvalue weighted by Gasteiger charge is -2.22. The third-order valence-electron chi connectivity index (χ3n) is 5.28. The van der Waals surface area contributed by atoms with Gasteiger partial charge in [0.25, 0.3) is 5.91 Å². The Labute approximate surface area is 177 Å². The quantitative estimate of drug-likeness (QED) is 0.573. The molecule has 3 rings (SSSR count). The first kappa shape index (κ1) is 21.5. The number of aryl methyl sites for hydroxylation is 1. The number of thiophene rings is 1. The molecule has 6 heteroatoms. The molecule has 0 aliphatic heterocycles. The third kappa shape index (κ3) is 6.68. The second kappa shape index (κ2) is 10.5. The van der Waals surface area contributed by atoms with Crippen LogP contribution in [0.25, 0.3) is 0 Å². The van der Waals surface area contributed by atoms with Gasteiger partial charge in [-0.3, -0.25) is 9.69 Å². The van der Waals surface area contributed by atoms with Gasteiger partial charge in [-0.25, -0.2) is 4.98 Å². The molecule has 2 aromatic heterocycles. The van der Waals surface area contributed by atoms with Crippen LogP contribution in [0.15, 0.2) is 17.5 Å². The van der Waals surface area contributed by atoms with E-state index >= 15 is 0 Å². The number of hydrogen-bond acceptors (Lipinski definition) is 5. The van der Waals surface area contributed by atoms with Crippen LogP contribution in [0, 0.1) is 12.8 Å². The van der Waals surface area contributed by atoms with Gasteiger partial charge in [0, 0.05) is 27.7 Å². The maximum atomic E-state index is 12.5. The standard InChI is InChI=1S/C22H33N3OS2/c1-16(2)11-12-25(13-19-10-9-17(3)28-19)14-21-24-20(15-27-21)22(26)23-18-7-5-4-6-8-18/h9-10,15-16,18H,4-8,11-14H2,1-3H3,(H,23,26). The molecule has 2 aromatic rings. The smallest absolute Gasteiger partial charge is 0.270 e. The summed E-state index contributed by atoms with van der Waals surface area (Å²) in [4.78, 5) is 22.4. The summed E-state index contributed by atoms with van der Waals surface area (Å²) in [6.45, 7) is 9.51. The molecule has 1 N–H and O–H groups in total. The minimum Gasteiger partial charge on any atom is -0.348 e. The maximum absolute atomic E-state index is 12.5. The Hall–Kier alpha value is -1.24.